The molecule has 0 aromatic carbocycles. The summed E-state index contributed by atoms with van der Waals surface area (Å²) in [4.78, 5) is 6.95. The van der Waals surface area contributed by atoms with Crippen LogP contribution in [-0.4, -0.2) is 132 Å². The van der Waals surface area contributed by atoms with Gasteiger partial charge in [0.25, 0.3) is 0 Å². The van der Waals surface area contributed by atoms with E-state index in [-0.39, 0.29) is 0 Å². The normalized spacial score (nSPS) is 32.1. The van der Waals surface area contributed by atoms with E-state index >= 15 is 0 Å². The van der Waals surface area contributed by atoms with E-state index in [1.807, 2.05) is 6.66 Å². The summed E-state index contributed by atoms with van der Waals surface area (Å²) < 4.78 is 27.8. The summed E-state index contributed by atoms with van der Waals surface area (Å²) >= 11 is 0. The second-order valence-electron chi connectivity index (χ2n) is 8.83. The number of likely N-dealkylation sites (N-methyl/N-ethyl adjacent to an activating group) is 2. The lowest BCUT2D eigenvalue weighted by molar-refractivity contribution is -0.116. The lowest BCUT2D eigenvalue weighted by atomic mass is 10.2. The van der Waals surface area contributed by atoms with Crippen LogP contribution in [0, 0.1) is 0 Å². The van der Waals surface area contributed by atoms with Crippen molar-refractivity contribution in [1.29, 1.82) is 0 Å². The van der Waals surface area contributed by atoms with Crippen LogP contribution in [0.4, 0.5) is 0 Å². The zero-order chi connectivity index (χ0) is 21.3. The van der Waals surface area contributed by atoms with Crippen molar-refractivity contribution in [3.8, 4) is 0 Å². The molecule has 7 nitrogen and oxygen atoms in total. The van der Waals surface area contributed by atoms with Crippen LogP contribution in [0.1, 0.15) is 20.3 Å². The van der Waals surface area contributed by atoms with Gasteiger partial charge in [0.15, 0.2) is 0 Å². The van der Waals surface area contributed by atoms with Crippen molar-refractivity contribution in [2.45, 2.75) is 38.5 Å². The number of fused-ring (bicyclic) bond motifs is 1. The molecule has 0 N–H and O–H groups in total. The first-order valence-electron chi connectivity index (χ1n) is 11.3. The lowest BCUT2D eigenvalue weighted by Crippen LogP contribution is -2.36. The quantitative estimate of drug-likeness (QED) is 0.629. The summed E-state index contributed by atoms with van der Waals surface area (Å²) in [5, 5.41) is 0. The molecular formula is C21H44N3O4P. The van der Waals surface area contributed by atoms with E-state index in [0.717, 1.165) is 78.0 Å². The van der Waals surface area contributed by atoms with Crippen molar-refractivity contribution >= 4 is 7.14 Å². The lowest BCUT2D eigenvalue weighted by Gasteiger charge is -2.29. The summed E-state index contributed by atoms with van der Waals surface area (Å²) in [5.41, 5.74) is 0. The van der Waals surface area contributed by atoms with Crippen molar-refractivity contribution in [1.82, 2.24) is 14.7 Å². The van der Waals surface area contributed by atoms with Crippen LogP contribution in [0.5, 0.6) is 0 Å². The fourth-order valence-corrected chi connectivity index (χ4v) is 5.61. The number of likely N-dealkylation sites (tertiary alicyclic amines) is 1. The van der Waals surface area contributed by atoms with Gasteiger partial charge in [0.1, 0.15) is 0 Å². The third-order valence-corrected chi connectivity index (χ3v) is 8.64. The van der Waals surface area contributed by atoms with Gasteiger partial charge in [-0.2, -0.15) is 0 Å². The van der Waals surface area contributed by atoms with Gasteiger partial charge in [0.05, 0.1) is 39.2 Å². The molecule has 3 unspecified atom stereocenters. The topological polar surface area (TPSA) is 54.5 Å². The molecular weight excluding hydrogens is 389 g/mol. The van der Waals surface area contributed by atoms with E-state index in [1.54, 1.807) is 0 Å². The Hall–Kier alpha value is -0.0100. The first-order valence-corrected chi connectivity index (χ1v) is 13.8. The monoisotopic (exact) mass is 433 g/mol. The Bertz CT molecular complexity index is 476. The van der Waals surface area contributed by atoms with Crippen LogP contribution in [0.25, 0.3) is 0 Å². The Labute approximate surface area is 178 Å². The van der Waals surface area contributed by atoms with Gasteiger partial charge in [0.2, 0.25) is 0 Å². The Morgan fingerprint density at radius 2 is 1.48 bits per heavy atom. The van der Waals surface area contributed by atoms with Gasteiger partial charge in [0, 0.05) is 51.2 Å². The van der Waals surface area contributed by atoms with Crippen LogP contribution in [0.3, 0.4) is 0 Å². The fourth-order valence-electron chi connectivity index (χ4n) is 3.97. The first kappa shape index (κ1) is 25.3. The molecule has 8 heteroatoms. The van der Waals surface area contributed by atoms with Gasteiger partial charge in [-0.3, -0.25) is 4.90 Å². The zero-order valence-corrected chi connectivity index (χ0v) is 20.2. The molecule has 0 aromatic rings. The summed E-state index contributed by atoms with van der Waals surface area (Å²) in [7, 11) is 2.51. The van der Waals surface area contributed by atoms with Crippen molar-refractivity contribution in [2.24, 2.45) is 0 Å². The minimum absolute atomic E-state index is 0.351. The highest BCUT2D eigenvalue weighted by atomic mass is 31.2. The molecule has 172 valence electrons. The predicted octanol–water partition coefficient (Wildman–Crippen LogP) is 1.76. The molecule has 29 heavy (non-hydrogen) atoms. The molecule has 0 radical (unpaired) electrons. The van der Waals surface area contributed by atoms with Crippen molar-refractivity contribution in [3.63, 3.8) is 0 Å². The zero-order valence-electron chi connectivity index (χ0n) is 19.3. The van der Waals surface area contributed by atoms with Crippen LogP contribution in [0.2, 0.25) is 0 Å². The molecule has 3 atom stereocenters. The summed E-state index contributed by atoms with van der Waals surface area (Å²) in [6.07, 6.45) is 3.77. The molecule has 4 aliphatic rings. The van der Waals surface area contributed by atoms with Gasteiger partial charge in [-0.15, -0.1) is 0 Å². The van der Waals surface area contributed by atoms with Crippen molar-refractivity contribution in [2.75, 3.05) is 98.8 Å². The van der Waals surface area contributed by atoms with Gasteiger partial charge in [-0.05, 0) is 40.3 Å². The minimum Gasteiger partial charge on any atom is -0.380 e. The number of hydrogen-bond acceptors (Lipinski definition) is 7. The molecule has 4 saturated heterocycles. The third kappa shape index (κ3) is 8.94. The van der Waals surface area contributed by atoms with E-state index in [2.05, 4.69) is 42.6 Å². The Morgan fingerprint density at radius 1 is 0.931 bits per heavy atom. The molecule has 0 spiro atoms. The maximum absolute atomic E-state index is 11.5. The molecule has 4 rings (SSSR count). The number of nitrogens with zero attached hydrogens (tertiary/aromatic N) is 3. The van der Waals surface area contributed by atoms with Crippen molar-refractivity contribution < 1.29 is 18.8 Å². The highest BCUT2D eigenvalue weighted by molar-refractivity contribution is 7.63. The summed E-state index contributed by atoms with van der Waals surface area (Å²) in [6, 6.07) is 0.676. The minimum atomic E-state index is -1.68. The average molecular weight is 434 g/mol. The summed E-state index contributed by atoms with van der Waals surface area (Å²) in [5.74, 6) is 0. The van der Waals surface area contributed by atoms with Crippen LogP contribution < -0.4 is 0 Å². The van der Waals surface area contributed by atoms with E-state index in [1.165, 1.54) is 6.42 Å². The smallest absolute Gasteiger partial charge is 0.0976 e. The number of hydrogen-bond donors (Lipinski definition) is 0. The van der Waals surface area contributed by atoms with E-state index in [9.17, 15) is 4.57 Å². The van der Waals surface area contributed by atoms with Crippen LogP contribution in [0.15, 0.2) is 0 Å². The maximum atomic E-state index is 11.5. The fraction of sp³-hybridized carbons (Fsp3) is 1.00. The molecule has 0 saturated carbocycles. The van der Waals surface area contributed by atoms with E-state index in [0.29, 0.717) is 18.2 Å². The Morgan fingerprint density at radius 3 is 1.86 bits per heavy atom. The highest BCUT2D eigenvalue weighted by Gasteiger charge is 2.35. The molecule has 4 aliphatic heterocycles. The Balaban J connectivity index is 0.000000157. The van der Waals surface area contributed by atoms with Gasteiger partial charge in [-0.25, -0.2) is 0 Å². The predicted molar refractivity (Wildman–Crippen MR) is 120 cm³/mol. The second kappa shape index (κ2) is 12.7. The number of ether oxygens (including phenoxy) is 3. The SMILES string of the molecule is CCN1CC2OCCOC2C1.CCN1CCP(C)(=O)CC1.CN(C)C1CCOC1. The highest BCUT2D eigenvalue weighted by Crippen LogP contribution is 2.42. The van der Waals surface area contributed by atoms with Gasteiger partial charge < -0.3 is 28.6 Å². The molecule has 0 aromatic heterocycles. The van der Waals surface area contributed by atoms with Crippen LogP contribution in [-0.2, 0) is 18.8 Å². The Kier molecular flexibility index (Phi) is 11.1. The van der Waals surface area contributed by atoms with E-state index < -0.39 is 7.14 Å². The standard InChI is InChI=1S/C8H15NO2.C7H16NOP.C6H13NO/c1-2-9-5-7-8(6-9)11-4-3-10-7;1-3-8-4-6-10(2,9)7-5-8;1-7(2)6-3-4-8-5-6/h7-8H,2-6H2,1H3;3-7H2,1-2H3;6H,3-5H2,1-2H3. The summed E-state index contributed by atoms with van der Waals surface area (Å²) in [6.45, 7) is 16.1. The molecule has 4 fully saturated rings. The van der Waals surface area contributed by atoms with Crippen LogP contribution >= 0.6 is 7.14 Å². The molecule has 0 amide bonds. The van der Waals surface area contributed by atoms with E-state index in [4.69, 9.17) is 14.2 Å². The van der Waals surface area contributed by atoms with Crippen molar-refractivity contribution in [3.05, 3.63) is 0 Å². The largest absolute Gasteiger partial charge is 0.380 e. The molecule has 4 heterocycles. The second-order valence-corrected chi connectivity index (χ2v) is 12.3. The van der Waals surface area contributed by atoms with Gasteiger partial charge >= 0.3 is 0 Å². The number of rotatable bonds is 3. The molecule has 0 bridgehead atoms. The maximum Gasteiger partial charge on any atom is 0.0976 e. The third-order valence-electron chi connectivity index (χ3n) is 6.35. The first-order chi connectivity index (χ1) is 13.8. The average Bonchev–Trinajstić information content (AvgIpc) is 3.38. The molecule has 0 aliphatic carbocycles. The van der Waals surface area contributed by atoms with Gasteiger partial charge in [-0.1, -0.05) is 13.8 Å².